The number of anilines is 1. The van der Waals surface area contributed by atoms with Crippen molar-refractivity contribution >= 4 is 35.0 Å². The van der Waals surface area contributed by atoms with Crippen LogP contribution in [0.4, 0.5) is 18.9 Å². The van der Waals surface area contributed by atoms with Crippen molar-refractivity contribution in [1.82, 2.24) is 5.32 Å². The molecule has 2 heterocycles. The average Bonchev–Trinajstić information content (AvgIpc) is 2.99. The minimum absolute atomic E-state index is 0.152. The van der Waals surface area contributed by atoms with Crippen molar-refractivity contribution < 1.29 is 18.0 Å². The highest BCUT2D eigenvalue weighted by Crippen LogP contribution is 2.39. The Labute approximate surface area is 170 Å². The second-order valence-corrected chi connectivity index (χ2v) is 8.95. The summed E-state index contributed by atoms with van der Waals surface area (Å²) in [6, 6.07) is 7.45. The Morgan fingerprint density at radius 1 is 1.07 bits per heavy atom. The molecule has 2 aliphatic heterocycles. The molecule has 2 saturated heterocycles. The number of carbonyl (C=O) groups is 1. The molecule has 3 nitrogen and oxygen atoms in total. The SMILES string of the molecule is O=C(Nc1cc(F)c(F)c(F)c1)c1ccc(Cl)c(SC2CC3CC[C@@H](C2)N3)c1. The average molecular weight is 427 g/mol. The number of thioether (sulfide) groups is 1. The zero-order valence-electron chi connectivity index (χ0n) is 14.8. The molecule has 0 radical (unpaired) electrons. The highest BCUT2D eigenvalue weighted by atomic mass is 35.5. The smallest absolute Gasteiger partial charge is 0.255 e. The highest BCUT2D eigenvalue weighted by molar-refractivity contribution is 8.00. The van der Waals surface area contributed by atoms with E-state index in [9.17, 15) is 18.0 Å². The minimum Gasteiger partial charge on any atom is -0.322 e. The van der Waals surface area contributed by atoms with E-state index in [-0.39, 0.29) is 5.69 Å². The van der Waals surface area contributed by atoms with E-state index < -0.39 is 23.4 Å². The first kappa shape index (κ1) is 19.6. The lowest BCUT2D eigenvalue weighted by atomic mass is 10.1. The number of fused-ring (bicyclic) bond motifs is 2. The number of hydrogen-bond donors (Lipinski definition) is 2. The monoisotopic (exact) mass is 426 g/mol. The van der Waals surface area contributed by atoms with Gasteiger partial charge in [0.05, 0.1) is 5.02 Å². The van der Waals surface area contributed by atoms with Gasteiger partial charge in [0.1, 0.15) is 0 Å². The van der Waals surface area contributed by atoms with Gasteiger partial charge in [0.25, 0.3) is 5.91 Å². The lowest BCUT2D eigenvalue weighted by molar-refractivity contribution is 0.102. The highest BCUT2D eigenvalue weighted by Gasteiger charge is 2.34. The molecule has 8 heteroatoms. The Bertz CT molecular complexity index is 891. The summed E-state index contributed by atoms with van der Waals surface area (Å²) in [6.07, 6.45) is 4.51. The van der Waals surface area contributed by atoms with Crippen LogP contribution in [-0.2, 0) is 0 Å². The third kappa shape index (κ3) is 4.16. The molecule has 0 spiro atoms. The van der Waals surface area contributed by atoms with Crippen LogP contribution in [0.2, 0.25) is 5.02 Å². The Kier molecular flexibility index (Phi) is 5.58. The summed E-state index contributed by atoms with van der Waals surface area (Å²) in [5, 5.41) is 6.97. The molecule has 28 heavy (non-hydrogen) atoms. The molecule has 2 unspecified atom stereocenters. The number of piperidine rings is 1. The molecule has 2 N–H and O–H groups in total. The first-order valence-corrected chi connectivity index (χ1v) is 10.3. The maximum atomic E-state index is 13.3. The van der Waals surface area contributed by atoms with E-state index >= 15 is 0 Å². The number of amides is 1. The van der Waals surface area contributed by atoms with Crippen molar-refractivity contribution in [3.63, 3.8) is 0 Å². The molecular formula is C20H18ClF3N2OS. The zero-order valence-corrected chi connectivity index (χ0v) is 16.3. The van der Waals surface area contributed by atoms with Crippen molar-refractivity contribution in [2.45, 2.75) is 47.9 Å². The number of benzene rings is 2. The molecule has 1 amide bonds. The van der Waals surface area contributed by atoms with Gasteiger partial charge in [-0.05, 0) is 43.9 Å². The van der Waals surface area contributed by atoms with Gasteiger partial charge < -0.3 is 10.6 Å². The van der Waals surface area contributed by atoms with Crippen molar-refractivity contribution in [3.8, 4) is 0 Å². The number of hydrogen-bond acceptors (Lipinski definition) is 3. The normalized spacial score (nSPS) is 23.6. The summed E-state index contributed by atoms with van der Waals surface area (Å²) in [4.78, 5) is 13.3. The van der Waals surface area contributed by atoms with Crippen LogP contribution in [0.25, 0.3) is 0 Å². The first-order chi connectivity index (χ1) is 13.4. The van der Waals surface area contributed by atoms with Gasteiger partial charge in [0.2, 0.25) is 0 Å². The predicted molar refractivity (Wildman–Crippen MR) is 105 cm³/mol. The Morgan fingerprint density at radius 3 is 2.36 bits per heavy atom. The third-order valence-electron chi connectivity index (χ3n) is 5.16. The number of nitrogens with one attached hydrogen (secondary N) is 2. The topological polar surface area (TPSA) is 41.1 Å². The van der Waals surface area contributed by atoms with Crippen LogP contribution in [0, 0.1) is 17.5 Å². The van der Waals surface area contributed by atoms with Crippen molar-refractivity contribution in [1.29, 1.82) is 0 Å². The number of halogens is 4. The molecule has 2 aliphatic rings. The lowest BCUT2D eigenvalue weighted by Crippen LogP contribution is -2.39. The molecule has 148 valence electrons. The fraction of sp³-hybridized carbons (Fsp3) is 0.350. The Morgan fingerprint density at radius 2 is 1.71 bits per heavy atom. The summed E-state index contributed by atoms with van der Waals surface area (Å²) in [6.45, 7) is 0. The standard InChI is InChI=1S/C20H18ClF3N2OS/c21-15-4-1-10(20(27)26-13-8-16(22)19(24)17(23)9-13)5-18(15)28-14-6-11-2-3-12(7-14)25-11/h1,4-5,8-9,11-12,14,25H,2-3,6-7H2,(H,26,27)/t11-,12?,14?/m0/s1. The largest absolute Gasteiger partial charge is 0.322 e. The molecule has 0 aliphatic carbocycles. The van der Waals surface area contributed by atoms with Crippen LogP contribution in [-0.4, -0.2) is 23.2 Å². The number of carbonyl (C=O) groups excluding carboxylic acids is 1. The molecule has 2 fully saturated rings. The van der Waals surface area contributed by atoms with Crippen LogP contribution < -0.4 is 10.6 Å². The van der Waals surface area contributed by atoms with E-state index in [4.69, 9.17) is 11.6 Å². The van der Waals surface area contributed by atoms with Gasteiger partial charge in [-0.1, -0.05) is 11.6 Å². The van der Waals surface area contributed by atoms with E-state index in [1.807, 2.05) is 0 Å². The van der Waals surface area contributed by atoms with E-state index in [0.29, 0.717) is 27.9 Å². The van der Waals surface area contributed by atoms with Crippen molar-refractivity contribution in [3.05, 3.63) is 58.4 Å². The first-order valence-electron chi connectivity index (χ1n) is 9.07. The fourth-order valence-electron chi connectivity index (χ4n) is 3.85. The van der Waals surface area contributed by atoms with Crippen LogP contribution in [0.15, 0.2) is 35.2 Å². The van der Waals surface area contributed by atoms with Crippen LogP contribution in [0.1, 0.15) is 36.0 Å². The van der Waals surface area contributed by atoms with Crippen molar-refractivity contribution in [2.75, 3.05) is 5.32 Å². The molecule has 4 rings (SSSR count). The van der Waals surface area contributed by atoms with Gasteiger partial charge >= 0.3 is 0 Å². The molecular weight excluding hydrogens is 409 g/mol. The maximum Gasteiger partial charge on any atom is 0.255 e. The molecule has 2 bridgehead atoms. The summed E-state index contributed by atoms with van der Waals surface area (Å²) in [5.74, 6) is -4.83. The lowest BCUT2D eigenvalue weighted by Gasteiger charge is -2.28. The van der Waals surface area contributed by atoms with E-state index in [2.05, 4.69) is 10.6 Å². The summed E-state index contributed by atoms with van der Waals surface area (Å²) >= 11 is 7.98. The number of rotatable bonds is 4. The second kappa shape index (κ2) is 7.97. The molecule has 2 aromatic rings. The van der Waals surface area contributed by atoms with Crippen molar-refractivity contribution in [2.24, 2.45) is 0 Å². The zero-order chi connectivity index (χ0) is 19.8. The van der Waals surface area contributed by atoms with Gasteiger partial charge in [0.15, 0.2) is 17.5 Å². The molecule has 0 aromatic heterocycles. The van der Waals surface area contributed by atoms with Crippen LogP contribution in [0.3, 0.4) is 0 Å². The van der Waals surface area contributed by atoms with Gasteiger partial charge in [-0.2, -0.15) is 0 Å². The Balaban J connectivity index is 1.49. The summed E-state index contributed by atoms with van der Waals surface area (Å²) in [5.41, 5.74) is 0.162. The molecule has 2 aromatic carbocycles. The third-order valence-corrected chi connectivity index (χ3v) is 6.91. The summed E-state index contributed by atoms with van der Waals surface area (Å²) < 4.78 is 39.8. The van der Waals surface area contributed by atoms with Gasteiger partial charge in [-0.3, -0.25) is 4.79 Å². The van der Waals surface area contributed by atoms with E-state index in [1.54, 1.807) is 30.0 Å². The van der Waals surface area contributed by atoms with Gasteiger partial charge in [0, 0.05) is 45.6 Å². The summed E-state index contributed by atoms with van der Waals surface area (Å²) in [7, 11) is 0. The Hall–Kier alpha value is -1.70. The van der Waals surface area contributed by atoms with Gasteiger partial charge in [-0.25, -0.2) is 13.2 Å². The second-order valence-electron chi connectivity index (χ2n) is 7.20. The van der Waals surface area contributed by atoms with Crippen LogP contribution in [0.5, 0.6) is 0 Å². The maximum absolute atomic E-state index is 13.3. The quantitative estimate of drug-likeness (QED) is 0.644. The molecule has 0 saturated carbocycles. The van der Waals surface area contributed by atoms with Crippen LogP contribution >= 0.6 is 23.4 Å². The minimum atomic E-state index is -1.57. The van der Waals surface area contributed by atoms with Gasteiger partial charge in [-0.15, -0.1) is 11.8 Å². The predicted octanol–water partition coefficient (Wildman–Crippen LogP) is 5.38. The van der Waals surface area contributed by atoms with E-state index in [1.165, 1.54) is 12.8 Å². The fourth-order valence-corrected chi connectivity index (χ4v) is 5.49. The molecule has 3 atom stereocenters. The van der Waals surface area contributed by atoms with E-state index in [0.717, 1.165) is 29.9 Å².